The van der Waals surface area contributed by atoms with Gasteiger partial charge in [0.25, 0.3) is 0 Å². The topological polar surface area (TPSA) is 33.1 Å². The van der Waals surface area contributed by atoms with Gasteiger partial charge in [-0.15, -0.1) is 0 Å². The lowest BCUT2D eigenvalue weighted by atomic mass is 9.84. The molecule has 19 heavy (non-hydrogen) atoms. The van der Waals surface area contributed by atoms with Crippen molar-refractivity contribution in [3.63, 3.8) is 0 Å². The second kappa shape index (κ2) is 7.06. The number of imidazole rings is 1. The number of aryl methyl sites for hydroxylation is 1. The quantitative estimate of drug-likeness (QED) is 0.783. The molecule has 1 heterocycles. The van der Waals surface area contributed by atoms with E-state index >= 15 is 0 Å². The van der Waals surface area contributed by atoms with Crippen LogP contribution in [-0.4, -0.2) is 40.6 Å². The van der Waals surface area contributed by atoms with Gasteiger partial charge in [0.15, 0.2) is 0 Å². The summed E-state index contributed by atoms with van der Waals surface area (Å²) in [4.78, 5) is 6.74. The highest BCUT2D eigenvalue weighted by Gasteiger charge is 2.27. The molecule has 0 amide bonds. The molecule has 0 saturated heterocycles. The van der Waals surface area contributed by atoms with Crippen molar-refractivity contribution in [2.24, 2.45) is 12.5 Å². The van der Waals surface area contributed by atoms with Crippen LogP contribution in [0, 0.1) is 5.41 Å². The fourth-order valence-electron chi connectivity index (χ4n) is 2.32. The third-order valence-corrected chi connectivity index (χ3v) is 3.88. The fraction of sp³-hybridized carbons (Fsp3) is 0.800. The molecule has 0 radical (unpaired) electrons. The molecule has 4 nitrogen and oxygen atoms in total. The lowest BCUT2D eigenvalue weighted by Gasteiger charge is -2.36. The van der Waals surface area contributed by atoms with Gasteiger partial charge in [-0.1, -0.05) is 20.8 Å². The van der Waals surface area contributed by atoms with Gasteiger partial charge >= 0.3 is 0 Å². The lowest BCUT2D eigenvalue weighted by molar-refractivity contribution is 0.157. The van der Waals surface area contributed by atoms with E-state index in [-0.39, 0.29) is 5.41 Å². The van der Waals surface area contributed by atoms with Crippen molar-refractivity contribution in [3.8, 4) is 0 Å². The van der Waals surface area contributed by atoms with E-state index in [0.29, 0.717) is 6.04 Å². The van der Waals surface area contributed by atoms with Gasteiger partial charge in [-0.25, -0.2) is 4.98 Å². The first-order valence-corrected chi connectivity index (χ1v) is 7.25. The Balaban J connectivity index is 2.50. The lowest BCUT2D eigenvalue weighted by Crippen LogP contribution is -2.46. The minimum Gasteiger partial charge on any atom is -0.337 e. The van der Waals surface area contributed by atoms with E-state index in [1.54, 1.807) is 0 Å². The molecule has 4 heteroatoms. The maximum atomic E-state index is 4.39. The van der Waals surface area contributed by atoms with Crippen LogP contribution in [0.1, 0.15) is 39.9 Å². The van der Waals surface area contributed by atoms with Gasteiger partial charge in [0.2, 0.25) is 0 Å². The Morgan fingerprint density at radius 2 is 2.16 bits per heavy atom. The van der Waals surface area contributed by atoms with Crippen LogP contribution in [0.15, 0.2) is 12.4 Å². The number of nitrogens with zero attached hydrogens (tertiary/aromatic N) is 3. The zero-order valence-electron chi connectivity index (χ0n) is 13.4. The monoisotopic (exact) mass is 266 g/mol. The van der Waals surface area contributed by atoms with E-state index in [9.17, 15) is 0 Å². The molecule has 1 atom stereocenters. The molecule has 0 fully saturated rings. The summed E-state index contributed by atoms with van der Waals surface area (Å²) in [5.41, 5.74) is 0.245. The Bertz CT molecular complexity index is 370. The Morgan fingerprint density at radius 1 is 1.47 bits per heavy atom. The molecule has 1 unspecified atom stereocenters. The highest BCUT2D eigenvalue weighted by molar-refractivity contribution is 4.92. The number of nitrogens with one attached hydrogen (secondary N) is 1. The van der Waals surface area contributed by atoms with Gasteiger partial charge in [-0.2, -0.15) is 0 Å². The molecule has 0 bridgehead atoms. The van der Waals surface area contributed by atoms with Crippen molar-refractivity contribution in [3.05, 3.63) is 18.2 Å². The van der Waals surface area contributed by atoms with Gasteiger partial charge in [-0.05, 0) is 32.4 Å². The largest absolute Gasteiger partial charge is 0.337 e. The minimum atomic E-state index is 0.245. The first kappa shape index (κ1) is 16.2. The van der Waals surface area contributed by atoms with Crippen LogP contribution < -0.4 is 5.32 Å². The molecular formula is C15H30N4. The van der Waals surface area contributed by atoms with E-state index in [2.05, 4.69) is 54.5 Å². The molecule has 0 spiro atoms. The van der Waals surface area contributed by atoms with Crippen LogP contribution in [0.25, 0.3) is 0 Å². The summed E-state index contributed by atoms with van der Waals surface area (Å²) in [6, 6.07) is 0.510. The third kappa shape index (κ3) is 4.96. The Morgan fingerprint density at radius 3 is 2.68 bits per heavy atom. The average Bonchev–Trinajstić information content (AvgIpc) is 2.71. The first-order chi connectivity index (χ1) is 8.86. The summed E-state index contributed by atoms with van der Waals surface area (Å²) in [5.74, 6) is 1.12. The van der Waals surface area contributed by atoms with Gasteiger partial charge in [0, 0.05) is 32.0 Å². The SMILES string of the molecule is CCCNC(C)C(C)(C)CN(C)Cc1nccn1C. The maximum absolute atomic E-state index is 4.39. The number of hydrogen-bond donors (Lipinski definition) is 1. The standard InChI is InChI=1S/C15H30N4/c1-7-8-16-13(2)15(3,4)12-18(5)11-14-17-9-10-19(14)6/h9-10,13,16H,7-8,11-12H2,1-6H3. The molecule has 110 valence electrons. The van der Waals surface area contributed by atoms with Gasteiger partial charge in [-0.3, -0.25) is 4.90 Å². The van der Waals surface area contributed by atoms with Crippen LogP contribution in [0.3, 0.4) is 0 Å². The van der Waals surface area contributed by atoms with Crippen LogP contribution >= 0.6 is 0 Å². The molecule has 0 aliphatic rings. The average molecular weight is 266 g/mol. The third-order valence-electron chi connectivity index (χ3n) is 3.88. The van der Waals surface area contributed by atoms with Gasteiger partial charge in [0.05, 0.1) is 6.54 Å². The van der Waals surface area contributed by atoms with Crippen LogP contribution in [0.5, 0.6) is 0 Å². The van der Waals surface area contributed by atoms with Crippen molar-refractivity contribution >= 4 is 0 Å². The summed E-state index contributed by atoms with van der Waals surface area (Å²) >= 11 is 0. The fourth-order valence-corrected chi connectivity index (χ4v) is 2.32. The first-order valence-electron chi connectivity index (χ1n) is 7.25. The Labute approximate surface area is 118 Å². The van der Waals surface area contributed by atoms with Crippen molar-refractivity contribution in [2.45, 2.75) is 46.7 Å². The Kier molecular flexibility index (Phi) is 6.01. The molecule has 0 saturated carbocycles. The smallest absolute Gasteiger partial charge is 0.122 e. The van der Waals surface area contributed by atoms with Crippen LogP contribution in [-0.2, 0) is 13.6 Å². The molecule has 0 aliphatic heterocycles. The normalized spacial score (nSPS) is 14.1. The van der Waals surface area contributed by atoms with Gasteiger partial charge < -0.3 is 9.88 Å². The van der Waals surface area contributed by atoms with E-state index in [1.165, 1.54) is 6.42 Å². The van der Waals surface area contributed by atoms with Crippen LogP contribution in [0.4, 0.5) is 0 Å². The van der Waals surface area contributed by atoms with Crippen molar-refractivity contribution in [1.29, 1.82) is 0 Å². The minimum absolute atomic E-state index is 0.245. The van der Waals surface area contributed by atoms with Crippen molar-refractivity contribution in [1.82, 2.24) is 19.8 Å². The molecule has 0 aromatic carbocycles. The van der Waals surface area contributed by atoms with E-state index < -0.39 is 0 Å². The zero-order chi connectivity index (χ0) is 14.5. The molecule has 1 aromatic rings. The summed E-state index contributed by atoms with van der Waals surface area (Å²) in [7, 11) is 4.22. The number of hydrogen-bond acceptors (Lipinski definition) is 3. The van der Waals surface area contributed by atoms with Gasteiger partial charge in [0.1, 0.15) is 5.82 Å². The second-order valence-corrected chi connectivity index (χ2v) is 6.29. The van der Waals surface area contributed by atoms with Crippen LogP contribution in [0.2, 0.25) is 0 Å². The zero-order valence-corrected chi connectivity index (χ0v) is 13.4. The second-order valence-electron chi connectivity index (χ2n) is 6.29. The predicted octanol–water partition coefficient (Wildman–Crippen LogP) is 2.27. The van der Waals surface area contributed by atoms with Crippen molar-refractivity contribution in [2.75, 3.05) is 20.1 Å². The van der Waals surface area contributed by atoms with Crippen molar-refractivity contribution < 1.29 is 0 Å². The maximum Gasteiger partial charge on any atom is 0.122 e. The Hall–Kier alpha value is -0.870. The van der Waals surface area contributed by atoms with E-state index in [0.717, 1.165) is 25.5 Å². The molecule has 1 N–H and O–H groups in total. The number of rotatable bonds is 8. The van der Waals surface area contributed by atoms with E-state index in [1.807, 2.05) is 19.4 Å². The molecule has 0 aliphatic carbocycles. The predicted molar refractivity (Wildman–Crippen MR) is 81.1 cm³/mol. The summed E-state index contributed by atoms with van der Waals surface area (Å²) in [5, 5.41) is 3.60. The highest BCUT2D eigenvalue weighted by Crippen LogP contribution is 2.22. The van der Waals surface area contributed by atoms with E-state index in [4.69, 9.17) is 0 Å². The molecular weight excluding hydrogens is 236 g/mol. The summed E-state index contributed by atoms with van der Waals surface area (Å²) < 4.78 is 2.09. The number of aromatic nitrogens is 2. The molecule has 1 aromatic heterocycles. The summed E-state index contributed by atoms with van der Waals surface area (Å²) in [6.45, 7) is 12.2. The summed E-state index contributed by atoms with van der Waals surface area (Å²) in [6.07, 6.45) is 5.04. The highest BCUT2D eigenvalue weighted by atomic mass is 15.2. The molecule has 1 rings (SSSR count).